The second kappa shape index (κ2) is 3.90. The highest BCUT2D eigenvalue weighted by atomic mass is 16.2. The number of amides is 3. The van der Waals surface area contributed by atoms with Crippen LogP contribution in [-0.4, -0.2) is 53.5 Å². The number of hydrogen-bond donors (Lipinski definition) is 2. The van der Waals surface area contributed by atoms with Gasteiger partial charge in [-0.25, -0.2) is 9.79 Å². The zero-order valence-corrected chi connectivity index (χ0v) is 10.2. The van der Waals surface area contributed by atoms with Crippen LogP contribution < -0.4 is 11.1 Å². The maximum absolute atomic E-state index is 11.8. The zero-order valence-electron chi connectivity index (χ0n) is 10.2. The highest BCUT2D eigenvalue weighted by molar-refractivity contribution is 6.03. The largest absolute Gasteiger partial charge is 0.370 e. The molecule has 3 amide bonds. The maximum Gasteiger partial charge on any atom is 0.325 e. The maximum atomic E-state index is 11.8. The lowest BCUT2D eigenvalue weighted by Gasteiger charge is -2.36. The van der Waals surface area contributed by atoms with E-state index in [1.165, 1.54) is 4.90 Å². The van der Waals surface area contributed by atoms with Crippen molar-refractivity contribution in [3.63, 3.8) is 0 Å². The molecule has 0 aromatic rings. The minimum absolute atomic E-state index is 0.324. The summed E-state index contributed by atoms with van der Waals surface area (Å²) in [4.78, 5) is 30.6. The zero-order chi connectivity index (χ0) is 12.7. The summed E-state index contributed by atoms with van der Waals surface area (Å²) in [5, 5.41) is 2.30. The summed E-state index contributed by atoms with van der Waals surface area (Å²) in [5.74, 6) is 0.353. The number of likely N-dealkylation sites (N-methyl/N-ethyl adjacent to an activating group) is 1. The van der Waals surface area contributed by atoms with Crippen molar-refractivity contribution >= 4 is 17.9 Å². The van der Waals surface area contributed by atoms with Gasteiger partial charge in [0.25, 0.3) is 5.91 Å². The van der Waals surface area contributed by atoms with Gasteiger partial charge in [-0.3, -0.25) is 10.1 Å². The van der Waals surface area contributed by atoms with Gasteiger partial charge in [0.2, 0.25) is 0 Å². The molecule has 2 aliphatic rings. The smallest absolute Gasteiger partial charge is 0.325 e. The van der Waals surface area contributed by atoms with Gasteiger partial charge in [0.15, 0.2) is 18.2 Å². The molecule has 0 aromatic carbocycles. The van der Waals surface area contributed by atoms with Crippen LogP contribution in [0.3, 0.4) is 0 Å². The van der Waals surface area contributed by atoms with Crippen LogP contribution in [0.4, 0.5) is 4.79 Å². The quantitative estimate of drug-likeness (QED) is 0.656. The van der Waals surface area contributed by atoms with E-state index >= 15 is 0 Å². The third-order valence-corrected chi connectivity index (χ3v) is 2.95. The van der Waals surface area contributed by atoms with Gasteiger partial charge in [-0.15, -0.1) is 0 Å². The monoisotopic (exact) mass is 239 g/mol. The number of aliphatic imine (C=N–C) groups is 1. The highest BCUT2D eigenvalue weighted by Crippen LogP contribution is 2.23. The van der Waals surface area contributed by atoms with Gasteiger partial charge in [-0.2, -0.15) is 0 Å². The Hall–Kier alpha value is -1.79. The Labute approximate surface area is 99.6 Å². The van der Waals surface area contributed by atoms with E-state index < -0.39 is 18.2 Å². The molecule has 2 atom stereocenters. The lowest BCUT2D eigenvalue weighted by atomic mass is 10.1. The molecule has 1 fully saturated rings. The van der Waals surface area contributed by atoms with Crippen molar-refractivity contribution in [2.45, 2.75) is 26.1 Å². The first kappa shape index (κ1) is 11.7. The van der Waals surface area contributed by atoms with Gasteiger partial charge in [-0.1, -0.05) is 13.8 Å². The summed E-state index contributed by atoms with van der Waals surface area (Å²) in [6, 6.07) is -0.931. The number of urea groups is 1. The molecule has 0 aromatic heterocycles. The number of rotatable bonds is 2. The summed E-state index contributed by atoms with van der Waals surface area (Å²) < 4.78 is 0. The normalized spacial score (nSPS) is 28.4. The number of carbonyl (C=O) groups is 2. The van der Waals surface area contributed by atoms with E-state index in [-0.39, 0.29) is 5.91 Å². The minimum Gasteiger partial charge on any atom is -0.370 e. The molecule has 0 saturated carbocycles. The molecule has 2 rings (SSSR count). The summed E-state index contributed by atoms with van der Waals surface area (Å²) in [5.41, 5.74) is 5.81. The summed E-state index contributed by atoms with van der Waals surface area (Å²) in [7, 11) is 1.61. The summed E-state index contributed by atoms with van der Waals surface area (Å²) >= 11 is 0. The number of nitrogens with two attached hydrogens (primary N) is 1. The van der Waals surface area contributed by atoms with Crippen LogP contribution in [0.5, 0.6) is 0 Å². The van der Waals surface area contributed by atoms with E-state index in [9.17, 15) is 9.59 Å². The molecule has 0 radical (unpaired) electrons. The molecule has 7 heteroatoms. The number of imide groups is 1. The first-order valence-corrected chi connectivity index (χ1v) is 5.59. The third-order valence-electron chi connectivity index (χ3n) is 2.95. The van der Waals surface area contributed by atoms with Crippen molar-refractivity contribution in [2.24, 2.45) is 16.6 Å². The molecule has 94 valence electrons. The second-order valence-corrected chi connectivity index (χ2v) is 4.80. The van der Waals surface area contributed by atoms with Crippen LogP contribution in [0.25, 0.3) is 0 Å². The Morgan fingerprint density at radius 2 is 2.12 bits per heavy atom. The summed E-state index contributed by atoms with van der Waals surface area (Å²) in [6.07, 6.45) is -0.505. The molecule has 17 heavy (non-hydrogen) atoms. The van der Waals surface area contributed by atoms with E-state index in [2.05, 4.69) is 10.3 Å². The second-order valence-electron chi connectivity index (χ2n) is 4.80. The third kappa shape index (κ3) is 1.81. The lowest BCUT2D eigenvalue weighted by molar-refractivity contribution is -0.127. The fraction of sp³-hybridized carbons (Fsp3) is 0.700. The van der Waals surface area contributed by atoms with E-state index in [0.29, 0.717) is 18.4 Å². The molecule has 2 aliphatic heterocycles. The van der Waals surface area contributed by atoms with Crippen LogP contribution in [-0.2, 0) is 4.79 Å². The van der Waals surface area contributed by atoms with Crippen LogP contribution in [0.1, 0.15) is 13.8 Å². The first-order chi connectivity index (χ1) is 7.91. The Balaban J connectivity index is 2.26. The average molecular weight is 239 g/mol. The molecular weight excluding hydrogens is 222 g/mol. The molecule has 0 aliphatic carbocycles. The van der Waals surface area contributed by atoms with E-state index in [1.54, 1.807) is 11.9 Å². The fourth-order valence-corrected chi connectivity index (χ4v) is 2.15. The van der Waals surface area contributed by atoms with Gasteiger partial charge >= 0.3 is 6.03 Å². The van der Waals surface area contributed by atoms with Crippen LogP contribution in [0, 0.1) is 5.92 Å². The van der Waals surface area contributed by atoms with Crippen LogP contribution in [0.2, 0.25) is 0 Å². The fourth-order valence-electron chi connectivity index (χ4n) is 2.15. The number of hydrogen-bond acceptors (Lipinski definition) is 5. The van der Waals surface area contributed by atoms with Crippen molar-refractivity contribution in [3.8, 4) is 0 Å². The SMILES string of the molecule is CC(C)CN1C(N)=NC2C1C(=O)NC(=O)N2C. The van der Waals surface area contributed by atoms with Crippen molar-refractivity contribution in [1.29, 1.82) is 0 Å². The number of nitrogens with one attached hydrogen (secondary N) is 1. The predicted octanol–water partition coefficient (Wildman–Crippen LogP) is -0.851. The molecule has 1 saturated heterocycles. The van der Waals surface area contributed by atoms with Gasteiger partial charge < -0.3 is 15.5 Å². The first-order valence-electron chi connectivity index (χ1n) is 5.59. The van der Waals surface area contributed by atoms with E-state index in [0.717, 1.165) is 0 Å². The number of carbonyl (C=O) groups excluding carboxylic acids is 2. The Bertz CT molecular complexity index is 392. The number of nitrogens with zero attached hydrogens (tertiary/aromatic N) is 3. The standard InChI is InChI=1S/C10H17N5O2/c1-5(2)4-15-6-7(12-9(15)11)14(3)10(17)13-8(6)16/h5-7H,4H2,1-3H3,(H2,11,12)(H,13,16,17). The van der Waals surface area contributed by atoms with Gasteiger partial charge in [0.1, 0.15) is 0 Å². The molecule has 0 spiro atoms. The molecule has 7 nitrogen and oxygen atoms in total. The van der Waals surface area contributed by atoms with Crippen molar-refractivity contribution in [2.75, 3.05) is 13.6 Å². The molecule has 2 unspecified atom stereocenters. The predicted molar refractivity (Wildman–Crippen MR) is 62.0 cm³/mol. The van der Waals surface area contributed by atoms with E-state index in [1.807, 2.05) is 13.8 Å². The van der Waals surface area contributed by atoms with Crippen molar-refractivity contribution in [3.05, 3.63) is 0 Å². The van der Waals surface area contributed by atoms with Gasteiger partial charge in [0, 0.05) is 13.6 Å². The lowest BCUT2D eigenvalue weighted by Crippen LogP contribution is -2.64. The van der Waals surface area contributed by atoms with E-state index in [4.69, 9.17) is 5.73 Å². The summed E-state index contributed by atoms with van der Waals surface area (Å²) in [6.45, 7) is 4.72. The number of guanidine groups is 1. The molecule has 2 heterocycles. The number of fused-ring (bicyclic) bond motifs is 1. The van der Waals surface area contributed by atoms with Gasteiger partial charge in [-0.05, 0) is 5.92 Å². The van der Waals surface area contributed by atoms with Crippen LogP contribution in [0.15, 0.2) is 4.99 Å². The molecular formula is C10H17N5O2. The topological polar surface area (TPSA) is 91.0 Å². The minimum atomic E-state index is -0.505. The Kier molecular flexibility index (Phi) is 2.68. The van der Waals surface area contributed by atoms with Crippen molar-refractivity contribution in [1.82, 2.24) is 15.1 Å². The van der Waals surface area contributed by atoms with Crippen LogP contribution >= 0.6 is 0 Å². The van der Waals surface area contributed by atoms with Gasteiger partial charge in [0.05, 0.1) is 0 Å². The van der Waals surface area contributed by atoms with Crippen molar-refractivity contribution < 1.29 is 9.59 Å². The average Bonchev–Trinajstić information content (AvgIpc) is 2.53. The highest BCUT2D eigenvalue weighted by Gasteiger charge is 2.47. The Morgan fingerprint density at radius 3 is 2.71 bits per heavy atom. The Morgan fingerprint density at radius 1 is 1.47 bits per heavy atom. The molecule has 3 N–H and O–H groups in total. The molecule has 0 bridgehead atoms.